The average molecular weight is 600 g/mol. The van der Waals surface area contributed by atoms with Crippen LogP contribution in [-0.4, -0.2) is 51.0 Å². The average Bonchev–Trinajstić information content (AvgIpc) is 3.54. The Balaban J connectivity index is 1.40. The normalized spacial score (nSPS) is 13.2. The zero-order chi connectivity index (χ0) is 29.2. The van der Waals surface area contributed by atoms with Crippen molar-refractivity contribution in [3.63, 3.8) is 0 Å². The van der Waals surface area contributed by atoms with Crippen molar-refractivity contribution in [3.05, 3.63) is 52.2 Å². The predicted octanol–water partition coefficient (Wildman–Crippen LogP) is 5.01. The molecule has 0 saturated heterocycles. The molecule has 0 aliphatic heterocycles. The fourth-order valence-electron chi connectivity index (χ4n) is 4.47. The number of benzene rings is 1. The zero-order valence-corrected chi connectivity index (χ0v) is 25.4. The highest BCUT2D eigenvalue weighted by Crippen LogP contribution is 2.39. The van der Waals surface area contributed by atoms with E-state index in [1.807, 2.05) is 22.8 Å². The second kappa shape index (κ2) is 15.0. The summed E-state index contributed by atoms with van der Waals surface area (Å²) in [6.45, 7) is 6.71. The van der Waals surface area contributed by atoms with Crippen LogP contribution in [0.5, 0.6) is 5.75 Å². The largest absolute Gasteiger partial charge is 0.484 e. The van der Waals surface area contributed by atoms with Crippen LogP contribution in [0.3, 0.4) is 0 Å². The van der Waals surface area contributed by atoms with Gasteiger partial charge in [-0.15, -0.1) is 21.5 Å². The van der Waals surface area contributed by atoms with Crippen LogP contribution in [0.25, 0.3) is 0 Å². The fourth-order valence-corrected chi connectivity index (χ4v) is 6.64. The zero-order valence-electron chi connectivity index (χ0n) is 23.7. The van der Waals surface area contributed by atoms with Gasteiger partial charge in [0.25, 0.3) is 5.91 Å². The molecule has 2 amide bonds. The molecule has 0 saturated carbocycles. The molecule has 1 unspecified atom stereocenters. The number of thioether (sulfide) groups is 1. The highest BCUT2D eigenvalue weighted by molar-refractivity contribution is 8.00. The molecular weight excluding hydrogens is 562 g/mol. The molecule has 41 heavy (non-hydrogen) atoms. The number of hydrogen-bond acceptors (Lipinski definition) is 9. The van der Waals surface area contributed by atoms with Crippen molar-refractivity contribution in [3.8, 4) is 5.75 Å². The van der Waals surface area contributed by atoms with Gasteiger partial charge in [0.1, 0.15) is 10.8 Å². The van der Waals surface area contributed by atoms with E-state index in [2.05, 4.69) is 27.8 Å². The summed E-state index contributed by atoms with van der Waals surface area (Å²) in [5.74, 6) is 0.352. The lowest BCUT2D eigenvalue weighted by Gasteiger charge is -2.14. The summed E-state index contributed by atoms with van der Waals surface area (Å²) < 4.78 is 12.8. The molecule has 2 N–H and O–H groups in total. The molecule has 1 aliphatic rings. The second-order valence-electron chi connectivity index (χ2n) is 9.67. The molecule has 0 radical (unpaired) electrons. The van der Waals surface area contributed by atoms with Crippen LogP contribution in [-0.2, 0) is 40.3 Å². The van der Waals surface area contributed by atoms with Gasteiger partial charge in [0.2, 0.25) is 5.91 Å². The van der Waals surface area contributed by atoms with E-state index in [0.29, 0.717) is 33.8 Å². The Labute approximate surface area is 248 Å². The van der Waals surface area contributed by atoms with Gasteiger partial charge in [0.05, 0.1) is 24.0 Å². The van der Waals surface area contributed by atoms with E-state index in [1.165, 1.54) is 23.1 Å². The lowest BCUT2D eigenvalue weighted by molar-refractivity contribution is -0.123. The minimum absolute atomic E-state index is 0.105. The number of esters is 1. The first-order valence-corrected chi connectivity index (χ1v) is 15.8. The molecule has 2 aromatic heterocycles. The van der Waals surface area contributed by atoms with E-state index in [4.69, 9.17) is 9.47 Å². The molecule has 1 aromatic carbocycles. The number of thiophene rings is 1. The quantitative estimate of drug-likeness (QED) is 0.196. The molecule has 220 valence electrons. The molecule has 0 spiro atoms. The molecule has 1 atom stereocenters. The maximum Gasteiger partial charge on any atom is 0.341 e. The van der Waals surface area contributed by atoms with Gasteiger partial charge in [-0.05, 0) is 63.6 Å². The van der Waals surface area contributed by atoms with Crippen LogP contribution in [0.15, 0.2) is 35.5 Å². The van der Waals surface area contributed by atoms with Gasteiger partial charge >= 0.3 is 5.97 Å². The number of amides is 2. The molecule has 3 aromatic rings. The molecule has 4 rings (SSSR count). The van der Waals surface area contributed by atoms with Crippen molar-refractivity contribution in [2.24, 2.45) is 0 Å². The summed E-state index contributed by atoms with van der Waals surface area (Å²) in [5.41, 5.74) is 1.51. The minimum atomic E-state index is -0.504. The number of anilines is 1. The Morgan fingerprint density at radius 3 is 2.66 bits per heavy atom. The number of carbonyl (C=O) groups is 3. The number of hydrogen-bond donors (Lipinski definition) is 2. The molecule has 12 heteroatoms. The number of unbranched alkanes of at least 4 members (excludes halogenated alkanes) is 1. The van der Waals surface area contributed by atoms with Gasteiger partial charge in [-0.1, -0.05) is 43.3 Å². The first-order valence-electron chi connectivity index (χ1n) is 14.1. The third-order valence-corrected chi connectivity index (χ3v) is 8.91. The number of ether oxygens (including phenoxy) is 2. The Hall–Kier alpha value is -3.38. The van der Waals surface area contributed by atoms with Crippen LogP contribution in [0.2, 0.25) is 0 Å². The summed E-state index contributed by atoms with van der Waals surface area (Å²) in [4.78, 5) is 39.6. The maximum absolute atomic E-state index is 13.3. The summed E-state index contributed by atoms with van der Waals surface area (Å²) >= 11 is 2.77. The Morgan fingerprint density at radius 2 is 1.90 bits per heavy atom. The number of aromatic nitrogens is 3. The van der Waals surface area contributed by atoms with Gasteiger partial charge in [0, 0.05) is 11.4 Å². The molecule has 1 aliphatic carbocycles. The van der Waals surface area contributed by atoms with Gasteiger partial charge in [-0.25, -0.2) is 4.79 Å². The van der Waals surface area contributed by atoms with Gasteiger partial charge in [0.15, 0.2) is 17.6 Å². The van der Waals surface area contributed by atoms with Gasteiger partial charge in [-0.2, -0.15) is 0 Å². The lowest BCUT2D eigenvalue weighted by Crippen LogP contribution is -2.29. The predicted molar refractivity (Wildman–Crippen MR) is 160 cm³/mol. The van der Waals surface area contributed by atoms with Crippen LogP contribution in [0, 0.1) is 0 Å². The number of nitrogens with zero attached hydrogens (tertiary/aromatic N) is 3. The van der Waals surface area contributed by atoms with Crippen molar-refractivity contribution in [2.45, 2.75) is 82.8 Å². The maximum atomic E-state index is 13.3. The minimum Gasteiger partial charge on any atom is -0.484 e. The van der Waals surface area contributed by atoms with E-state index < -0.39 is 5.25 Å². The van der Waals surface area contributed by atoms with E-state index in [0.717, 1.165) is 49.0 Å². The third-order valence-electron chi connectivity index (χ3n) is 6.62. The Morgan fingerprint density at radius 1 is 1.12 bits per heavy atom. The van der Waals surface area contributed by atoms with E-state index in [1.54, 1.807) is 26.0 Å². The molecule has 0 fully saturated rings. The standard InChI is InChI=1S/C29H37N5O5S2/c1-4-6-16-34-23(17-30-24(35)18-39-20-12-8-7-9-13-20)32-33-29(34)40-19(3)26(36)31-27-25(28(37)38-5-2)21-14-10-11-15-22(21)41-27/h7-9,12-13,19H,4-6,10-11,14-18H2,1-3H3,(H,30,35)(H,31,36). The number of para-hydroxylation sites is 1. The van der Waals surface area contributed by atoms with Crippen LogP contribution in [0.4, 0.5) is 5.00 Å². The van der Waals surface area contributed by atoms with Crippen LogP contribution in [0.1, 0.15) is 73.1 Å². The molecular formula is C29H37N5O5S2. The summed E-state index contributed by atoms with van der Waals surface area (Å²) in [5, 5.41) is 15.1. The first-order chi connectivity index (χ1) is 19.9. The highest BCUT2D eigenvalue weighted by Gasteiger charge is 2.29. The van der Waals surface area contributed by atoms with Gasteiger partial charge in [-0.3, -0.25) is 9.59 Å². The molecule has 10 nitrogen and oxygen atoms in total. The molecule has 2 heterocycles. The lowest BCUT2D eigenvalue weighted by atomic mass is 9.95. The fraction of sp³-hybridized carbons (Fsp3) is 0.483. The smallest absolute Gasteiger partial charge is 0.341 e. The second-order valence-corrected chi connectivity index (χ2v) is 12.1. The molecule has 0 bridgehead atoms. The van der Waals surface area contributed by atoms with Crippen molar-refractivity contribution < 1.29 is 23.9 Å². The number of fused-ring (bicyclic) bond motifs is 1. The van der Waals surface area contributed by atoms with Crippen molar-refractivity contribution in [2.75, 3.05) is 18.5 Å². The first kappa shape index (κ1) is 30.6. The number of carbonyl (C=O) groups excluding carboxylic acids is 3. The van der Waals surface area contributed by atoms with Crippen LogP contribution >= 0.6 is 23.1 Å². The Bertz CT molecular complexity index is 1340. The summed E-state index contributed by atoms with van der Waals surface area (Å²) in [7, 11) is 0. The van der Waals surface area contributed by atoms with Crippen molar-refractivity contribution in [1.29, 1.82) is 0 Å². The van der Waals surface area contributed by atoms with Crippen LogP contribution < -0.4 is 15.4 Å². The Kier molecular flexibility index (Phi) is 11.2. The third kappa shape index (κ3) is 8.10. The summed E-state index contributed by atoms with van der Waals surface area (Å²) in [6.07, 6.45) is 5.68. The SMILES string of the molecule is CCCCn1c(CNC(=O)COc2ccccc2)nnc1SC(C)C(=O)Nc1sc2c(c1C(=O)OCC)CCCC2. The van der Waals surface area contributed by atoms with E-state index in [-0.39, 0.29) is 37.5 Å². The van der Waals surface area contributed by atoms with Gasteiger partial charge < -0.3 is 24.7 Å². The van der Waals surface area contributed by atoms with Crippen molar-refractivity contribution >= 4 is 45.9 Å². The number of rotatable bonds is 14. The van der Waals surface area contributed by atoms with E-state index in [9.17, 15) is 14.4 Å². The van der Waals surface area contributed by atoms with E-state index >= 15 is 0 Å². The number of aryl methyl sites for hydroxylation is 1. The summed E-state index contributed by atoms with van der Waals surface area (Å²) in [6, 6.07) is 9.15. The topological polar surface area (TPSA) is 124 Å². The monoisotopic (exact) mass is 599 g/mol. The number of nitrogens with one attached hydrogen (secondary N) is 2. The van der Waals surface area contributed by atoms with Crippen molar-refractivity contribution in [1.82, 2.24) is 20.1 Å². The highest BCUT2D eigenvalue weighted by atomic mass is 32.2.